The number of aromatic nitrogens is 1. The van der Waals surface area contributed by atoms with Crippen molar-refractivity contribution in [1.29, 1.82) is 0 Å². The summed E-state index contributed by atoms with van der Waals surface area (Å²) in [5.41, 5.74) is 0.704. The minimum absolute atomic E-state index is 0.0625. The number of aliphatic hydroxyl groups is 1. The van der Waals surface area contributed by atoms with E-state index in [4.69, 9.17) is 9.84 Å². The molecular weight excluding hydrogens is 271 g/mol. The molecule has 0 radical (unpaired) electrons. The van der Waals surface area contributed by atoms with E-state index in [-0.39, 0.29) is 12.5 Å². The summed E-state index contributed by atoms with van der Waals surface area (Å²) in [4.78, 5) is 3.62. The van der Waals surface area contributed by atoms with Crippen molar-refractivity contribution < 1.29 is 23.0 Å². The number of alkyl halides is 3. The summed E-state index contributed by atoms with van der Waals surface area (Å²) in [6.07, 6.45) is -3.70. The third kappa shape index (κ3) is 3.48. The lowest BCUT2D eigenvalue weighted by Crippen LogP contribution is -2.05. The summed E-state index contributed by atoms with van der Waals surface area (Å²) in [7, 11) is 0. The third-order valence-corrected chi connectivity index (χ3v) is 2.58. The van der Waals surface area contributed by atoms with Gasteiger partial charge in [-0.2, -0.15) is 13.2 Å². The van der Waals surface area contributed by atoms with Gasteiger partial charge in [0, 0.05) is 12.3 Å². The van der Waals surface area contributed by atoms with Crippen LogP contribution in [0.5, 0.6) is 11.6 Å². The van der Waals surface area contributed by atoms with Crippen LogP contribution in [0.25, 0.3) is 0 Å². The van der Waals surface area contributed by atoms with E-state index < -0.39 is 11.7 Å². The quantitative estimate of drug-likeness (QED) is 0.934. The first-order valence-electron chi connectivity index (χ1n) is 5.81. The van der Waals surface area contributed by atoms with Crippen LogP contribution in [-0.4, -0.2) is 10.1 Å². The molecule has 0 spiro atoms. The summed E-state index contributed by atoms with van der Waals surface area (Å²) in [6, 6.07) is 7.16. The molecule has 1 heterocycles. The molecule has 3 nitrogen and oxygen atoms in total. The Kier molecular flexibility index (Phi) is 3.94. The molecule has 2 aromatic rings. The summed E-state index contributed by atoms with van der Waals surface area (Å²) < 4.78 is 42.5. The van der Waals surface area contributed by atoms with Crippen LogP contribution in [0, 0.1) is 6.92 Å². The molecular formula is C14H12F3NO2. The zero-order valence-electron chi connectivity index (χ0n) is 10.6. The number of aryl methyl sites for hydroxylation is 1. The fourth-order valence-corrected chi connectivity index (χ4v) is 1.70. The Morgan fingerprint density at radius 3 is 2.50 bits per heavy atom. The average molecular weight is 283 g/mol. The van der Waals surface area contributed by atoms with E-state index in [9.17, 15) is 13.2 Å². The number of halogens is 3. The number of aliphatic hydroxyl groups excluding tert-OH is 1. The molecule has 6 heteroatoms. The Hall–Kier alpha value is -2.08. The highest BCUT2D eigenvalue weighted by Gasteiger charge is 2.30. The van der Waals surface area contributed by atoms with Gasteiger partial charge in [-0.15, -0.1) is 0 Å². The Morgan fingerprint density at radius 1 is 1.20 bits per heavy atom. The number of hydrogen-bond donors (Lipinski definition) is 1. The van der Waals surface area contributed by atoms with Crippen LogP contribution in [0.2, 0.25) is 0 Å². The van der Waals surface area contributed by atoms with E-state index in [0.29, 0.717) is 11.3 Å². The van der Waals surface area contributed by atoms with Gasteiger partial charge < -0.3 is 9.84 Å². The van der Waals surface area contributed by atoms with Gasteiger partial charge in [0.25, 0.3) is 0 Å². The molecule has 0 fully saturated rings. The normalized spacial score (nSPS) is 11.4. The van der Waals surface area contributed by atoms with Crippen LogP contribution >= 0.6 is 0 Å². The van der Waals surface area contributed by atoms with E-state index in [2.05, 4.69) is 4.98 Å². The van der Waals surface area contributed by atoms with Crippen LogP contribution in [0.15, 0.2) is 36.5 Å². The second-order valence-corrected chi connectivity index (χ2v) is 4.30. The van der Waals surface area contributed by atoms with Crippen molar-refractivity contribution in [2.75, 3.05) is 0 Å². The highest BCUT2D eigenvalue weighted by atomic mass is 19.4. The molecule has 0 bridgehead atoms. The molecule has 0 aliphatic carbocycles. The first-order valence-corrected chi connectivity index (χ1v) is 5.81. The van der Waals surface area contributed by atoms with E-state index in [1.54, 1.807) is 18.2 Å². The highest BCUT2D eigenvalue weighted by Crippen LogP contribution is 2.30. The SMILES string of the molecule is Cc1cc(CO)cc(Oc2ccc(C(F)(F)F)cn2)c1. The Balaban J connectivity index is 2.20. The predicted molar refractivity (Wildman–Crippen MR) is 66.4 cm³/mol. The van der Waals surface area contributed by atoms with Crippen LogP contribution in [0.3, 0.4) is 0 Å². The number of benzene rings is 1. The fourth-order valence-electron chi connectivity index (χ4n) is 1.70. The molecule has 0 saturated heterocycles. The second kappa shape index (κ2) is 5.50. The van der Waals surface area contributed by atoms with Gasteiger partial charge in [-0.1, -0.05) is 6.07 Å². The predicted octanol–water partition coefficient (Wildman–Crippen LogP) is 3.69. The number of ether oxygens (including phenoxy) is 1. The summed E-state index contributed by atoms with van der Waals surface area (Å²) >= 11 is 0. The number of hydrogen-bond acceptors (Lipinski definition) is 3. The van der Waals surface area contributed by atoms with Gasteiger partial charge in [0.1, 0.15) is 5.75 Å². The smallest absolute Gasteiger partial charge is 0.417 e. The highest BCUT2D eigenvalue weighted by molar-refractivity contribution is 5.36. The van der Waals surface area contributed by atoms with Crippen molar-refractivity contribution in [2.24, 2.45) is 0 Å². The van der Waals surface area contributed by atoms with Crippen molar-refractivity contribution >= 4 is 0 Å². The van der Waals surface area contributed by atoms with Gasteiger partial charge in [-0.25, -0.2) is 4.98 Å². The minimum atomic E-state index is -4.42. The van der Waals surface area contributed by atoms with E-state index >= 15 is 0 Å². The first-order chi connectivity index (χ1) is 9.38. The lowest BCUT2D eigenvalue weighted by Gasteiger charge is -2.09. The fraction of sp³-hybridized carbons (Fsp3) is 0.214. The lowest BCUT2D eigenvalue weighted by molar-refractivity contribution is -0.137. The van der Waals surface area contributed by atoms with E-state index in [1.165, 1.54) is 0 Å². The number of pyridine rings is 1. The molecule has 0 aliphatic rings. The van der Waals surface area contributed by atoms with Crippen molar-refractivity contribution in [2.45, 2.75) is 19.7 Å². The Bertz CT molecular complexity index is 594. The van der Waals surface area contributed by atoms with Gasteiger partial charge in [0.2, 0.25) is 5.88 Å². The monoisotopic (exact) mass is 283 g/mol. The number of rotatable bonds is 3. The van der Waals surface area contributed by atoms with Gasteiger partial charge in [0.05, 0.1) is 12.2 Å². The maximum atomic E-state index is 12.4. The molecule has 1 aromatic heterocycles. The third-order valence-electron chi connectivity index (χ3n) is 2.58. The van der Waals surface area contributed by atoms with Crippen LogP contribution in [0.4, 0.5) is 13.2 Å². The van der Waals surface area contributed by atoms with Gasteiger partial charge in [0.15, 0.2) is 0 Å². The zero-order chi connectivity index (χ0) is 14.8. The largest absolute Gasteiger partial charge is 0.439 e. The zero-order valence-corrected chi connectivity index (χ0v) is 10.6. The van der Waals surface area contributed by atoms with E-state index in [0.717, 1.165) is 23.9 Å². The molecule has 1 N–H and O–H groups in total. The van der Waals surface area contributed by atoms with Crippen molar-refractivity contribution in [3.05, 3.63) is 53.2 Å². The maximum absolute atomic E-state index is 12.4. The molecule has 0 amide bonds. The molecule has 0 unspecified atom stereocenters. The first kappa shape index (κ1) is 14.3. The molecule has 0 aliphatic heterocycles. The Morgan fingerprint density at radius 2 is 1.95 bits per heavy atom. The maximum Gasteiger partial charge on any atom is 0.417 e. The molecule has 20 heavy (non-hydrogen) atoms. The van der Waals surface area contributed by atoms with Gasteiger partial charge in [-0.3, -0.25) is 0 Å². The van der Waals surface area contributed by atoms with Crippen molar-refractivity contribution in [1.82, 2.24) is 4.98 Å². The summed E-state index contributed by atoms with van der Waals surface area (Å²) in [5.74, 6) is 0.480. The van der Waals surface area contributed by atoms with Crippen LogP contribution < -0.4 is 4.74 Å². The standard InChI is InChI=1S/C14H12F3NO2/c1-9-4-10(8-19)6-12(5-9)20-13-3-2-11(7-18-13)14(15,16)17/h2-7,19H,8H2,1H3. The molecule has 0 atom stereocenters. The second-order valence-electron chi connectivity index (χ2n) is 4.30. The van der Waals surface area contributed by atoms with Gasteiger partial charge in [-0.05, 0) is 36.2 Å². The molecule has 106 valence electrons. The van der Waals surface area contributed by atoms with Gasteiger partial charge >= 0.3 is 6.18 Å². The molecule has 1 aromatic carbocycles. The number of nitrogens with zero attached hydrogens (tertiary/aromatic N) is 1. The topological polar surface area (TPSA) is 42.4 Å². The molecule has 0 saturated carbocycles. The van der Waals surface area contributed by atoms with Crippen molar-refractivity contribution in [3.8, 4) is 11.6 Å². The molecule has 2 rings (SSSR count). The van der Waals surface area contributed by atoms with Crippen LogP contribution in [0.1, 0.15) is 16.7 Å². The minimum Gasteiger partial charge on any atom is -0.439 e. The summed E-state index contributed by atoms with van der Waals surface area (Å²) in [5, 5.41) is 9.08. The van der Waals surface area contributed by atoms with E-state index in [1.807, 2.05) is 6.92 Å². The summed E-state index contributed by atoms with van der Waals surface area (Å²) in [6.45, 7) is 1.69. The Labute approximate surface area is 113 Å². The van der Waals surface area contributed by atoms with Crippen molar-refractivity contribution in [3.63, 3.8) is 0 Å². The average Bonchev–Trinajstić information content (AvgIpc) is 2.37. The van der Waals surface area contributed by atoms with Crippen LogP contribution in [-0.2, 0) is 12.8 Å². The lowest BCUT2D eigenvalue weighted by atomic mass is 10.1.